The number of aryl methyl sites for hydroxylation is 1. The van der Waals surface area contributed by atoms with Crippen molar-refractivity contribution in [3.8, 4) is 11.6 Å². The number of aromatic nitrogens is 3. The van der Waals surface area contributed by atoms with E-state index in [9.17, 15) is 4.79 Å². The van der Waals surface area contributed by atoms with Crippen molar-refractivity contribution in [3.05, 3.63) is 47.5 Å². The highest BCUT2D eigenvalue weighted by Gasteiger charge is 2.49. The molecule has 9 nitrogen and oxygen atoms in total. The van der Waals surface area contributed by atoms with E-state index >= 15 is 4.39 Å². The normalized spacial score (nSPS) is 26.2. The Hall–Kier alpha value is -3.37. The van der Waals surface area contributed by atoms with E-state index in [0.717, 1.165) is 37.8 Å². The van der Waals surface area contributed by atoms with Crippen LogP contribution >= 0.6 is 0 Å². The van der Waals surface area contributed by atoms with E-state index in [1.54, 1.807) is 0 Å². The minimum atomic E-state index is -0.329. The number of pyridine rings is 3. The van der Waals surface area contributed by atoms with E-state index in [0.29, 0.717) is 60.2 Å². The van der Waals surface area contributed by atoms with Gasteiger partial charge in [0, 0.05) is 29.1 Å². The standard InChI is InChI=1S/C30H34FN5O4/c1-28(8-9-28)17-39-25-5-3-22-26(36-25)20(21(31)15-32-22)6-7-30-12-10-29(11-13-30,18-40-30)33-14-19-2-4-23-27(34-19)35-24(37)16-38-23/h2-5,15,33H,6-14,16-18H2,1H3,(H,34,35,37). The third-order valence-electron chi connectivity index (χ3n) is 9.19. The van der Waals surface area contributed by atoms with Crippen molar-refractivity contribution >= 4 is 22.8 Å². The number of carbonyl (C=O) groups is 1. The lowest BCUT2D eigenvalue weighted by molar-refractivity contribution is -0.165. The summed E-state index contributed by atoms with van der Waals surface area (Å²) in [7, 11) is 0. The molecule has 0 aromatic carbocycles. The average Bonchev–Trinajstić information content (AvgIpc) is 3.72. The van der Waals surface area contributed by atoms with Gasteiger partial charge in [-0.15, -0.1) is 0 Å². The molecule has 2 saturated carbocycles. The summed E-state index contributed by atoms with van der Waals surface area (Å²) in [5.41, 5.74) is 2.55. The summed E-state index contributed by atoms with van der Waals surface area (Å²) in [5.74, 6) is 1.06. The maximum atomic E-state index is 15.0. The fourth-order valence-corrected chi connectivity index (χ4v) is 6.05. The fourth-order valence-electron chi connectivity index (χ4n) is 6.05. The zero-order chi connectivity index (χ0) is 27.4. The third kappa shape index (κ3) is 4.99. The summed E-state index contributed by atoms with van der Waals surface area (Å²) in [4.78, 5) is 25.1. The highest BCUT2D eigenvalue weighted by atomic mass is 19.1. The summed E-state index contributed by atoms with van der Waals surface area (Å²) in [6.45, 7) is 4.03. The lowest BCUT2D eigenvalue weighted by Gasteiger charge is -2.53. The second-order valence-corrected chi connectivity index (χ2v) is 12.3. The van der Waals surface area contributed by atoms with Crippen LogP contribution < -0.4 is 20.1 Å². The van der Waals surface area contributed by atoms with E-state index in [1.165, 1.54) is 19.0 Å². The number of halogens is 1. The summed E-state index contributed by atoms with van der Waals surface area (Å²) < 4.78 is 32.9. The molecule has 40 heavy (non-hydrogen) atoms. The largest absolute Gasteiger partial charge is 0.480 e. The molecular weight excluding hydrogens is 513 g/mol. The Balaban J connectivity index is 0.990. The molecule has 8 rings (SSSR count). The van der Waals surface area contributed by atoms with Crippen LogP contribution in [0.5, 0.6) is 11.6 Å². The minimum absolute atomic E-state index is 0.0179. The van der Waals surface area contributed by atoms with Crippen LogP contribution in [0.2, 0.25) is 0 Å². The van der Waals surface area contributed by atoms with Crippen molar-refractivity contribution in [3.63, 3.8) is 0 Å². The first-order valence-electron chi connectivity index (χ1n) is 14.2. The zero-order valence-corrected chi connectivity index (χ0v) is 22.7. The molecule has 3 aliphatic heterocycles. The Bertz CT molecular complexity index is 1450. The lowest BCUT2D eigenvalue weighted by atomic mass is 9.69. The third-order valence-corrected chi connectivity index (χ3v) is 9.19. The van der Waals surface area contributed by atoms with Gasteiger partial charge in [0.05, 0.1) is 41.7 Å². The number of rotatable bonds is 9. The van der Waals surface area contributed by atoms with E-state index in [-0.39, 0.29) is 34.9 Å². The van der Waals surface area contributed by atoms with Gasteiger partial charge < -0.3 is 24.8 Å². The second-order valence-electron chi connectivity index (χ2n) is 12.3. The second kappa shape index (κ2) is 9.62. The van der Waals surface area contributed by atoms with Crippen molar-refractivity contribution in [2.45, 2.75) is 76.0 Å². The van der Waals surface area contributed by atoms with Gasteiger partial charge in [0.25, 0.3) is 5.91 Å². The molecule has 0 spiro atoms. The predicted octanol–water partition coefficient (Wildman–Crippen LogP) is 4.48. The Labute approximate surface area is 232 Å². The van der Waals surface area contributed by atoms with Gasteiger partial charge in [-0.05, 0) is 69.6 Å². The summed E-state index contributed by atoms with van der Waals surface area (Å²) in [6, 6.07) is 7.45. The van der Waals surface area contributed by atoms with E-state index in [1.807, 2.05) is 24.3 Å². The molecule has 10 heteroatoms. The van der Waals surface area contributed by atoms with Gasteiger partial charge in [0.2, 0.25) is 5.88 Å². The van der Waals surface area contributed by atoms with Crippen LogP contribution in [-0.4, -0.2) is 51.8 Å². The van der Waals surface area contributed by atoms with E-state index < -0.39 is 0 Å². The molecule has 0 atom stereocenters. The molecule has 2 saturated heterocycles. The molecule has 210 valence electrons. The number of ether oxygens (including phenoxy) is 3. The van der Waals surface area contributed by atoms with Gasteiger partial charge in [0.1, 0.15) is 5.82 Å². The first-order valence-corrected chi connectivity index (χ1v) is 14.2. The molecule has 1 amide bonds. The van der Waals surface area contributed by atoms with Crippen LogP contribution in [0.1, 0.15) is 63.1 Å². The summed E-state index contributed by atoms with van der Waals surface area (Å²) >= 11 is 0. The van der Waals surface area contributed by atoms with Crippen molar-refractivity contribution in [2.75, 3.05) is 25.1 Å². The Morgan fingerprint density at radius 3 is 2.73 bits per heavy atom. The smallest absolute Gasteiger partial charge is 0.263 e. The minimum Gasteiger partial charge on any atom is -0.480 e. The van der Waals surface area contributed by atoms with Crippen molar-refractivity contribution in [2.24, 2.45) is 5.41 Å². The van der Waals surface area contributed by atoms with Crippen molar-refractivity contribution in [1.82, 2.24) is 20.3 Å². The molecule has 2 N–H and O–H groups in total. The van der Waals surface area contributed by atoms with Crippen LogP contribution in [-0.2, 0) is 22.5 Å². The van der Waals surface area contributed by atoms with Gasteiger partial charge in [-0.1, -0.05) is 6.92 Å². The molecule has 3 aromatic rings. The van der Waals surface area contributed by atoms with Crippen LogP contribution in [0.4, 0.5) is 10.2 Å². The molecule has 0 radical (unpaired) electrons. The number of amides is 1. The molecule has 6 heterocycles. The fraction of sp³-hybridized carbons (Fsp3) is 0.533. The average molecular weight is 548 g/mol. The molecule has 3 aromatic heterocycles. The highest BCUT2D eigenvalue weighted by molar-refractivity contribution is 5.94. The maximum absolute atomic E-state index is 15.0. The molecule has 2 bridgehead atoms. The van der Waals surface area contributed by atoms with Crippen molar-refractivity contribution < 1.29 is 23.4 Å². The van der Waals surface area contributed by atoms with Crippen LogP contribution in [0, 0.1) is 11.2 Å². The number of carbonyl (C=O) groups excluding carboxylic acids is 1. The van der Waals surface area contributed by atoms with Crippen LogP contribution in [0.3, 0.4) is 0 Å². The number of nitrogens with one attached hydrogen (secondary N) is 2. The zero-order valence-electron chi connectivity index (χ0n) is 22.7. The Kier molecular flexibility index (Phi) is 6.16. The number of hydrogen-bond acceptors (Lipinski definition) is 8. The first-order chi connectivity index (χ1) is 19.3. The van der Waals surface area contributed by atoms with Gasteiger partial charge >= 0.3 is 0 Å². The Morgan fingerprint density at radius 2 is 1.95 bits per heavy atom. The SMILES string of the molecule is CC1(COc2ccc3ncc(F)c(CCC45CCC(NCc6ccc7c(n6)NC(=O)CO7)(CC4)CO5)c3n2)CC1. The summed E-state index contributed by atoms with van der Waals surface area (Å²) in [6.07, 6.45) is 8.68. The Morgan fingerprint density at radius 1 is 1.10 bits per heavy atom. The quantitative estimate of drug-likeness (QED) is 0.404. The van der Waals surface area contributed by atoms with Crippen LogP contribution in [0.25, 0.3) is 11.0 Å². The van der Waals surface area contributed by atoms with Gasteiger partial charge in [-0.3, -0.25) is 9.78 Å². The number of anilines is 1. The topological polar surface area (TPSA) is 107 Å². The van der Waals surface area contributed by atoms with Gasteiger partial charge in [-0.2, -0.15) is 0 Å². The molecule has 5 aliphatic rings. The predicted molar refractivity (Wildman–Crippen MR) is 146 cm³/mol. The monoisotopic (exact) mass is 547 g/mol. The maximum Gasteiger partial charge on any atom is 0.263 e. The number of fused-ring (bicyclic) bond motifs is 5. The van der Waals surface area contributed by atoms with Gasteiger partial charge in [0.15, 0.2) is 18.2 Å². The van der Waals surface area contributed by atoms with E-state index in [2.05, 4.69) is 32.5 Å². The molecular formula is C30H34FN5O4. The van der Waals surface area contributed by atoms with E-state index in [4.69, 9.17) is 14.2 Å². The van der Waals surface area contributed by atoms with Gasteiger partial charge in [-0.25, -0.2) is 14.4 Å². The number of hydrogen-bond donors (Lipinski definition) is 2. The first kappa shape index (κ1) is 25.6. The molecule has 0 unspecified atom stereocenters. The molecule has 4 fully saturated rings. The number of nitrogens with zero attached hydrogens (tertiary/aromatic N) is 3. The highest BCUT2D eigenvalue weighted by Crippen LogP contribution is 2.47. The van der Waals surface area contributed by atoms with Crippen molar-refractivity contribution in [1.29, 1.82) is 0 Å². The summed E-state index contributed by atoms with van der Waals surface area (Å²) in [5, 5.41) is 6.45. The molecule has 2 aliphatic carbocycles. The lowest BCUT2D eigenvalue weighted by Crippen LogP contribution is -2.61. The van der Waals surface area contributed by atoms with Crippen LogP contribution in [0.15, 0.2) is 30.5 Å².